The van der Waals surface area contributed by atoms with Crippen LogP contribution in [0.1, 0.15) is 117 Å². The summed E-state index contributed by atoms with van der Waals surface area (Å²) >= 11 is 0. The largest absolute Gasteiger partial charge is 0.389 e. The van der Waals surface area contributed by atoms with Gasteiger partial charge in [0.25, 0.3) is 0 Å². The molecule has 4 heteroatoms. The Labute approximate surface area is 168 Å². The molecule has 4 nitrogen and oxygen atoms in total. The van der Waals surface area contributed by atoms with E-state index in [0.717, 1.165) is 12.8 Å². The van der Waals surface area contributed by atoms with Crippen LogP contribution in [0.3, 0.4) is 0 Å². The lowest BCUT2D eigenvalue weighted by atomic mass is 10.0. The highest BCUT2D eigenvalue weighted by Gasteiger charge is 2.06. The van der Waals surface area contributed by atoms with Gasteiger partial charge in [0.2, 0.25) is 5.91 Å². The number of hydrogen-bond acceptors (Lipinski definition) is 3. The molecule has 0 bridgehead atoms. The van der Waals surface area contributed by atoms with E-state index in [4.69, 9.17) is 4.74 Å². The first-order valence-corrected chi connectivity index (χ1v) is 11.7. The third-order valence-corrected chi connectivity index (χ3v) is 4.96. The lowest BCUT2D eigenvalue weighted by Crippen LogP contribution is -2.34. The maximum Gasteiger partial charge on any atom is 0.220 e. The highest BCUT2D eigenvalue weighted by atomic mass is 16.5. The van der Waals surface area contributed by atoms with E-state index < -0.39 is 6.10 Å². The fraction of sp³-hybridized carbons (Fsp3) is 0.957. The number of hydrogen-bond donors (Lipinski definition) is 2. The highest BCUT2D eigenvalue weighted by Crippen LogP contribution is 2.12. The van der Waals surface area contributed by atoms with Crippen molar-refractivity contribution in [1.82, 2.24) is 5.32 Å². The minimum absolute atomic E-state index is 0.00326. The van der Waals surface area contributed by atoms with Crippen molar-refractivity contribution >= 4 is 5.91 Å². The minimum atomic E-state index is -0.600. The molecule has 0 aliphatic heterocycles. The lowest BCUT2D eigenvalue weighted by Gasteiger charge is -2.12. The third-order valence-electron chi connectivity index (χ3n) is 4.96. The van der Waals surface area contributed by atoms with Gasteiger partial charge < -0.3 is 15.2 Å². The van der Waals surface area contributed by atoms with E-state index in [1.807, 2.05) is 6.92 Å². The van der Waals surface area contributed by atoms with Crippen molar-refractivity contribution in [1.29, 1.82) is 0 Å². The fourth-order valence-corrected chi connectivity index (χ4v) is 3.22. The maximum atomic E-state index is 11.3. The summed E-state index contributed by atoms with van der Waals surface area (Å²) in [5, 5.41) is 12.5. The normalized spacial score (nSPS) is 12.3. The maximum absolute atomic E-state index is 11.3. The molecule has 0 aromatic heterocycles. The van der Waals surface area contributed by atoms with E-state index in [1.165, 1.54) is 83.5 Å². The Bertz CT molecular complexity index is 310. The van der Waals surface area contributed by atoms with E-state index in [9.17, 15) is 9.90 Å². The summed E-state index contributed by atoms with van der Waals surface area (Å²) < 4.78 is 5.49. The Kier molecular flexibility index (Phi) is 21.2. The van der Waals surface area contributed by atoms with Gasteiger partial charge in [-0.15, -0.1) is 0 Å². The van der Waals surface area contributed by atoms with E-state index in [1.54, 1.807) is 0 Å². The minimum Gasteiger partial charge on any atom is -0.389 e. The van der Waals surface area contributed by atoms with Crippen LogP contribution in [0.4, 0.5) is 0 Å². The van der Waals surface area contributed by atoms with Crippen LogP contribution in [0.15, 0.2) is 0 Å². The molecule has 162 valence electrons. The summed E-state index contributed by atoms with van der Waals surface area (Å²) in [5.74, 6) is 0.00326. The van der Waals surface area contributed by atoms with Crippen molar-refractivity contribution in [3.63, 3.8) is 0 Å². The second-order valence-corrected chi connectivity index (χ2v) is 7.88. The summed E-state index contributed by atoms with van der Waals surface area (Å²) in [6.07, 6.45) is 19.7. The quantitative estimate of drug-likeness (QED) is 0.247. The molecule has 0 aliphatic rings. The van der Waals surface area contributed by atoms with Crippen LogP contribution in [0.2, 0.25) is 0 Å². The molecule has 0 aliphatic carbocycles. The van der Waals surface area contributed by atoms with Crippen LogP contribution in [0.25, 0.3) is 0 Å². The van der Waals surface area contributed by atoms with E-state index in [0.29, 0.717) is 19.6 Å². The zero-order valence-corrected chi connectivity index (χ0v) is 18.3. The number of carbonyl (C=O) groups is 1. The van der Waals surface area contributed by atoms with E-state index in [2.05, 4.69) is 12.2 Å². The smallest absolute Gasteiger partial charge is 0.220 e. The van der Waals surface area contributed by atoms with E-state index in [-0.39, 0.29) is 12.5 Å². The van der Waals surface area contributed by atoms with Gasteiger partial charge in [0.05, 0.1) is 12.7 Å². The SMILES string of the molecule is CCCCCCCCCCCCCCCCOCC(O)CNC(=O)CCC. The number of amides is 1. The Morgan fingerprint density at radius 2 is 1.26 bits per heavy atom. The lowest BCUT2D eigenvalue weighted by molar-refractivity contribution is -0.121. The average Bonchev–Trinajstić information content (AvgIpc) is 2.66. The van der Waals surface area contributed by atoms with Crippen LogP contribution >= 0.6 is 0 Å². The first-order chi connectivity index (χ1) is 13.2. The number of unbranched alkanes of at least 4 members (excludes halogenated alkanes) is 13. The van der Waals surface area contributed by atoms with Gasteiger partial charge in [-0.3, -0.25) is 4.79 Å². The van der Waals surface area contributed by atoms with Crippen molar-refractivity contribution in [2.45, 2.75) is 123 Å². The van der Waals surface area contributed by atoms with Crippen molar-refractivity contribution in [2.24, 2.45) is 0 Å². The number of nitrogens with one attached hydrogen (secondary N) is 1. The molecule has 0 aromatic carbocycles. The van der Waals surface area contributed by atoms with Crippen LogP contribution in [-0.2, 0) is 9.53 Å². The highest BCUT2D eigenvalue weighted by molar-refractivity contribution is 5.75. The molecular formula is C23H47NO3. The number of rotatable bonds is 21. The second-order valence-electron chi connectivity index (χ2n) is 7.88. The summed E-state index contributed by atoms with van der Waals surface area (Å²) in [4.78, 5) is 11.3. The summed E-state index contributed by atoms with van der Waals surface area (Å²) in [7, 11) is 0. The third kappa shape index (κ3) is 21.5. The number of aliphatic hydroxyl groups excluding tert-OH is 1. The topological polar surface area (TPSA) is 58.6 Å². The zero-order valence-electron chi connectivity index (χ0n) is 18.3. The molecule has 0 saturated heterocycles. The van der Waals surface area contributed by atoms with Crippen LogP contribution in [0.5, 0.6) is 0 Å². The molecule has 27 heavy (non-hydrogen) atoms. The monoisotopic (exact) mass is 385 g/mol. The Morgan fingerprint density at radius 1 is 0.778 bits per heavy atom. The van der Waals surface area contributed by atoms with Crippen LogP contribution in [-0.4, -0.2) is 36.9 Å². The van der Waals surface area contributed by atoms with Crippen molar-refractivity contribution in [3.8, 4) is 0 Å². The van der Waals surface area contributed by atoms with E-state index >= 15 is 0 Å². The molecule has 0 radical (unpaired) electrons. The Hall–Kier alpha value is -0.610. The molecule has 0 saturated carbocycles. The molecule has 0 rings (SSSR count). The van der Waals surface area contributed by atoms with Gasteiger partial charge in [-0.2, -0.15) is 0 Å². The molecule has 0 aromatic rings. The summed E-state index contributed by atoms with van der Waals surface area (Å²) in [6.45, 7) is 5.55. The van der Waals surface area contributed by atoms with Gasteiger partial charge in [0.1, 0.15) is 0 Å². The molecule has 2 N–H and O–H groups in total. The van der Waals surface area contributed by atoms with Gasteiger partial charge in [0, 0.05) is 19.6 Å². The van der Waals surface area contributed by atoms with Crippen LogP contribution < -0.4 is 5.32 Å². The number of aliphatic hydroxyl groups is 1. The van der Waals surface area contributed by atoms with Crippen molar-refractivity contribution in [3.05, 3.63) is 0 Å². The molecule has 1 atom stereocenters. The first kappa shape index (κ1) is 26.4. The van der Waals surface area contributed by atoms with Gasteiger partial charge in [-0.1, -0.05) is 97.3 Å². The van der Waals surface area contributed by atoms with Gasteiger partial charge >= 0.3 is 0 Å². The zero-order chi connectivity index (χ0) is 20.0. The van der Waals surface area contributed by atoms with Gasteiger partial charge in [0.15, 0.2) is 0 Å². The predicted molar refractivity (Wildman–Crippen MR) is 115 cm³/mol. The number of ether oxygens (including phenoxy) is 1. The molecule has 0 heterocycles. The Balaban J connectivity index is 3.15. The average molecular weight is 386 g/mol. The Morgan fingerprint density at radius 3 is 1.74 bits per heavy atom. The van der Waals surface area contributed by atoms with Gasteiger partial charge in [-0.05, 0) is 12.8 Å². The van der Waals surface area contributed by atoms with Gasteiger partial charge in [-0.25, -0.2) is 0 Å². The molecular weight excluding hydrogens is 338 g/mol. The standard InChI is InChI=1S/C23H47NO3/c1-3-5-6-7-8-9-10-11-12-13-14-15-16-17-19-27-21-22(25)20-24-23(26)18-4-2/h22,25H,3-21H2,1-2H3,(H,24,26). The molecule has 0 fully saturated rings. The van der Waals surface area contributed by atoms with Crippen molar-refractivity contribution < 1.29 is 14.6 Å². The molecule has 1 unspecified atom stereocenters. The van der Waals surface area contributed by atoms with Crippen molar-refractivity contribution in [2.75, 3.05) is 19.8 Å². The second kappa shape index (κ2) is 21.7. The molecule has 1 amide bonds. The summed E-state index contributed by atoms with van der Waals surface area (Å²) in [6, 6.07) is 0. The summed E-state index contributed by atoms with van der Waals surface area (Å²) in [5.41, 5.74) is 0. The fourth-order valence-electron chi connectivity index (χ4n) is 3.22. The molecule has 0 spiro atoms. The predicted octanol–water partition coefficient (Wildman–Crippen LogP) is 5.76. The first-order valence-electron chi connectivity index (χ1n) is 11.7. The number of carbonyl (C=O) groups excluding carboxylic acids is 1. The van der Waals surface area contributed by atoms with Crippen LogP contribution in [0, 0.1) is 0 Å².